The molecule has 0 unspecified atom stereocenters. The molecule has 0 spiro atoms. The van der Waals surface area contributed by atoms with Crippen LogP contribution in [0.3, 0.4) is 0 Å². The zero-order chi connectivity index (χ0) is 21.8. The lowest BCUT2D eigenvalue weighted by atomic mass is 10.0. The molecule has 4 aromatic rings. The average Bonchev–Trinajstić information content (AvgIpc) is 2.81. The number of halogens is 1. The molecule has 0 aliphatic heterocycles. The van der Waals surface area contributed by atoms with Crippen molar-refractivity contribution in [3.05, 3.63) is 84.4 Å². The zero-order valence-electron chi connectivity index (χ0n) is 16.4. The summed E-state index contributed by atoms with van der Waals surface area (Å²) in [5, 5.41) is 5.69. The number of nitrogens with one attached hydrogen (secondary N) is 2. The minimum atomic E-state index is -0.815. The number of fused-ring (bicyclic) bond motifs is 1. The van der Waals surface area contributed by atoms with E-state index in [1.54, 1.807) is 18.5 Å². The molecule has 7 nitrogen and oxygen atoms in total. The maximum Gasteiger partial charge on any atom is 0.411 e. The van der Waals surface area contributed by atoms with E-state index in [0.29, 0.717) is 27.8 Å². The summed E-state index contributed by atoms with van der Waals surface area (Å²) < 4.78 is 18.5. The van der Waals surface area contributed by atoms with Gasteiger partial charge in [-0.15, -0.1) is 0 Å². The third-order valence-electron chi connectivity index (χ3n) is 4.58. The number of para-hydroxylation sites is 1. The standard InChI is InChI=1S/C23H17FN4O3/c1-31-23(30)28-21-12-15(6-7-18(21)24)26-22(29)17-13-20(14-8-10-25-11-9-14)27-19-5-3-2-4-16(17)19/h2-13H,1H3,(H,26,29)(H,28,30). The van der Waals surface area contributed by atoms with Gasteiger partial charge in [0.15, 0.2) is 0 Å². The number of methoxy groups -OCH3 is 1. The number of carbonyl (C=O) groups excluding carboxylic acids is 2. The highest BCUT2D eigenvalue weighted by Crippen LogP contribution is 2.26. The van der Waals surface area contributed by atoms with Crippen LogP contribution in [0.15, 0.2) is 73.1 Å². The van der Waals surface area contributed by atoms with Crippen molar-refractivity contribution in [3.63, 3.8) is 0 Å². The number of pyridine rings is 2. The Morgan fingerprint density at radius 3 is 2.52 bits per heavy atom. The minimum Gasteiger partial charge on any atom is -0.453 e. The zero-order valence-corrected chi connectivity index (χ0v) is 16.4. The number of rotatable bonds is 4. The van der Waals surface area contributed by atoms with Crippen molar-refractivity contribution in [1.29, 1.82) is 0 Å². The van der Waals surface area contributed by atoms with Crippen LogP contribution < -0.4 is 10.6 Å². The first-order valence-corrected chi connectivity index (χ1v) is 9.31. The summed E-state index contributed by atoms with van der Waals surface area (Å²) in [5.41, 5.74) is 2.71. The second-order valence-corrected chi connectivity index (χ2v) is 6.57. The lowest BCUT2D eigenvalue weighted by molar-refractivity contribution is 0.102. The monoisotopic (exact) mass is 416 g/mol. The van der Waals surface area contributed by atoms with Crippen molar-refractivity contribution >= 4 is 34.3 Å². The van der Waals surface area contributed by atoms with Crippen molar-refractivity contribution in [2.45, 2.75) is 0 Å². The van der Waals surface area contributed by atoms with E-state index in [1.807, 2.05) is 36.4 Å². The van der Waals surface area contributed by atoms with Crippen molar-refractivity contribution in [2.75, 3.05) is 17.7 Å². The molecule has 2 aromatic heterocycles. The number of anilines is 2. The number of hydrogen-bond acceptors (Lipinski definition) is 5. The van der Waals surface area contributed by atoms with Gasteiger partial charge in [-0.25, -0.2) is 14.2 Å². The fourth-order valence-corrected chi connectivity index (χ4v) is 3.09. The fourth-order valence-electron chi connectivity index (χ4n) is 3.09. The Morgan fingerprint density at radius 2 is 1.74 bits per heavy atom. The van der Waals surface area contributed by atoms with Crippen molar-refractivity contribution in [3.8, 4) is 11.3 Å². The maximum absolute atomic E-state index is 14.0. The SMILES string of the molecule is COC(=O)Nc1cc(NC(=O)c2cc(-c3ccncc3)nc3ccccc23)ccc1F. The van der Waals surface area contributed by atoms with E-state index in [4.69, 9.17) is 0 Å². The molecule has 0 atom stereocenters. The second-order valence-electron chi connectivity index (χ2n) is 6.57. The Balaban J connectivity index is 1.71. The van der Waals surface area contributed by atoms with Gasteiger partial charge in [-0.05, 0) is 42.5 Å². The Morgan fingerprint density at radius 1 is 0.968 bits per heavy atom. The Hall–Kier alpha value is -4.33. The Bertz CT molecular complexity index is 1280. The van der Waals surface area contributed by atoms with Gasteiger partial charge in [0.1, 0.15) is 5.82 Å². The molecule has 154 valence electrons. The van der Waals surface area contributed by atoms with Gasteiger partial charge in [0.25, 0.3) is 5.91 Å². The van der Waals surface area contributed by atoms with E-state index in [9.17, 15) is 14.0 Å². The largest absolute Gasteiger partial charge is 0.453 e. The molecule has 4 rings (SSSR count). The van der Waals surface area contributed by atoms with Crippen LogP contribution in [0, 0.1) is 5.82 Å². The molecular formula is C23H17FN4O3. The van der Waals surface area contributed by atoms with Gasteiger partial charge in [-0.3, -0.25) is 15.1 Å². The molecule has 31 heavy (non-hydrogen) atoms. The van der Waals surface area contributed by atoms with Gasteiger partial charge < -0.3 is 10.1 Å². The number of aromatic nitrogens is 2. The van der Waals surface area contributed by atoms with Crippen LogP contribution >= 0.6 is 0 Å². The number of ether oxygens (including phenoxy) is 1. The summed E-state index contributed by atoms with van der Waals surface area (Å²) in [6.07, 6.45) is 2.49. The quantitative estimate of drug-likeness (QED) is 0.495. The molecule has 0 bridgehead atoms. The van der Waals surface area contributed by atoms with E-state index >= 15 is 0 Å². The van der Waals surface area contributed by atoms with Crippen molar-refractivity contribution in [2.24, 2.45) is 0 Å². The maximum atomic E-state index is 14.0. The predicted molar refractivity (Wildman–Crippen MR) is 115 cm³/mol. The van der Waals surface area contributed by atoms with Crippen molar-refractivity contribution in [1.82, 2.24) is 9.97 Å². The molecule has 0 saturated heterocycles. The predicted octanol–water partition coefficient (Wildman–Crippen LogP) is 4.87. The van der Waals surface area contributed by atoms with E-state index < -0.39 is 17.8 Å². The van der Waals surface area contributed by atoms with E-state index in [2.05, 4.69) is 25.3 Å². The summed E-state index contributed by atoms with van der Waals surface area (Å²) in [6, 6.07) is 16.5. The molecule has 0 radical (unpaired) electrons. The van der Waals surface area contributed by atoms with Crippen molar-refractivity contribution < 1.29 is 18.7 Å². The molecule has 2 N–H and O–H groups in total. The minimum absolute atomic E-state index is 0.110. The topological polar surface area (TPSA) is 93.2 Å². The van der Waals surface area contributed by atoms with Gasteiger partial charge in [-0.1, -0.05) is 18.2 Å². The normalized spacial score (nSPS) is 10.5. The first-order chi connectivity index (χ1) is 15.0. The Kier molecular flexibility index (Phi) is 5.53. The highest BCUT2D eigenvalue weighted by atomic mass is 19.1. The summed E-state index contributed by atoms with van der Waals surface area (Å²) in [4.78, 5) is 33.2. The van der Waals surface area contributed by atoms with E-state index in [1.165, 1.54) is 19.2 Å². The molecular weight excluding hydrogens is 399 g/mol. The van der Waals surface area contributed by atoms with Crippen LogP contribution in [0.5, 0.6) is 0 Å². The first-order valence-electron chi connectivity index (χ1n) is 9.31. The smallest absolute Gasteiger partial charge is 0.411 e. The van der Waals surface area contributed by atoms with E-state index in [-0.39, 0.29) is 5.69 Å². The van der Waals surface area contributed by atoms with Crippen LogP contribution in [-0.2, 0) is 4.74 Å². The van der Waals surface area contributed by atoms with Crippen LogP contribution in [0.25, 0.3) is 22.2 Å². The van der Waals surface area contributed by atoms with Gasteiger partial charge in [-0.2, -0.15) is 0 Å². The summed E-state index contributed by atoms with van der Waals surface area (Å²) >= 11 is 0. The average molecular weight is 416 g/mol. The fraction of sp³-hybridized carbons (Fsp3) is 0.0435. The molecule has 2 heterocycles. The molecule has 8 heteroatoms. The second kappa shape index (κ2) is 8.58. The summed E-state index contributed by atoms with van der Waals surface area (Å²) in [5.74, 6) is -1.05. The summed E-state index contributed by atoms with van der Waals surface area (Å²) in [7, 11) is 1.17. The molecule has 2 aromatic carbocycles. The lowest BCUT2D eigenvalue weighted by Crippen LogP contribution is -2.15. The van der Waals surface area contributed by atoms with Gasteiger partial charge in [0.05, 0.1) is 29.6 Å². The van der Waals surface area contributed by atoms with Crippen LogP contribution in [0.4, 0.5) is 20.6 Å². The van der Waals surface area contributed by atoms with E-state index in [0.717, 1.165) is 11.6 Å². The third kappa shape index (κ3) is 4.32. The number of nitrogens with zero attached hydrogens (tertiary/aromatic N) is 2. The van der Waals surface area contributed by atoms with Crippen LogP contribution in [0.1, 0.15) is 10.4 Å². The van der Waals surface area contributed by atoms with Crippen LogP contribution in [-0.4, -0.2) is 29.1 Å². The van der Waals surface area contributed by atoms with Crippen LogP contribution in [0.2, 0.25) is 0 Å². The lowest BCUT2D eigenvalue weighted by Gasteiger charge is -2.12. The number of amides is 2. The molecule has 0 aliphatic carbocycles. The highest BCUT2D eigenvalue weighted by molar-refractivity contribution is 6.13. The number of hydrogen-bond donors (Lipinski definition) is 2. The molecule has 0 fully saturated rings. The molecule has 0 saturated carbocycles. The summed E-state index contributed by atoms with van der Waals surface area (Å²) in [6.45, 7) is 0. The molecule has 0 aliphatic rings. The Labute approximate surface area is 176 Å². The number of carbonyl (C=O) groups is 2. The first kappa shape index (κ1) is 20.0. The third-order valence-corrected chi connectivity index (χ3v) is 4.58. The van der Waals surface area contributed by atoms with Gasteiger partial charge in [0, 0.05) is 29.0 Å². The van der Waals surface area contributed by atoms with Gasteiger partial charge in [0.2, 0.25) is 0 Å². The highest BCUT2D eigenvalue weighted by Gasteiger charge is 2.15. The molecule has 2 amide bonds. The van der Waals surface area contributed by atoms with Gasteiger partial charge >= 0.3 is 6.09 Å². The number of benzene rings is 2.